The Bertz CT molecular complexity index is 932. The fourth-order valence-corrected chi connectivity index (χ4v) is 5.09. The van der Waals surface area contributed by atoms with Gasteiger partial charge in [0.1, 0.15) is 0 Å². The van der Waals surface area contributed by atoms with Crippen molar-refractivity contribution in [1.82, 2.24) is 10.3 Å². The largest absolute Gasteiger partial charge is 0.451 e. The van der Waals surface area contributed by atoms with Crippen LogP contribution in [0.5, 0.6) is 11.5 Å². The van der Waals surface area contributed by atoms with Crippen molar-refractivity contribution < 1.29 is 9.47 Å². The standard InChI is InChI=1S/C22H28N2O3S/c1-12-11-18(28-4)19(21(25)24-12)16-9-10-17-20(13(16)2)27-22(26-17)14-5-7-15(23-3)8-6-14/h9-11,14-15,22-23H,5-8H2,1-4H3,(H,24,25). The van der Waals surface area contributed by atoms with E-state index in [0.717, 1.165) is 58.9 Å². The summed E-state index contributed by atoms with van der Waals surface area (Å²) in [6, 6.07) is 6.55. The lowest BCUT2D eigenvalue weighted by molar-refractivity contribution is -0.0203. The predicted octanol–water partition coefficient (Wildman–Crippen LogP) is 4.26. The molecule has 1 unspecified atom stereocenters. The van der Waals surface area contributed by atoms with Crippen LogP contribution in [0.1, 0.15) is 36.9 Å². The van der Waals surface area contributed by atoms with Gasteiger partial charge in [0.15, 0.2) is 11.5 Å². The first-order valence-corrected chi connectivity index (χ1v) is 11.2. The normalized spacial score (nSPS) is 23.8. The van der Waals surface area contributed by atoms with Crippen molar-refractivity contribution in [2.45, 2.75) is 56.8 Å². The van der Waals surface area contributed by atoms with Gasteiger partial charge in [0, 0.05) is 28.1 Å². The lowest BCUT2D eigenvalue weighted by atomic mass is 9.85. The molecule has 1 atom stereocenters. The summed E-state index contributed by atoms with van der Waals surface area (Å²) in [5.41, 5.74) is 3.39. The van der Waals surface area contributed by atoms with Crippen LogP contribution in [0.4, 0.5) is 0 Å². The van der Waals surface area contributed by atoms with Crippen molar-refractivity contribution in [2.24, 2.45) is 5.92 Å². The first-order chi connectivity index (χ1) is 13.5. The van der Waals surface area contributed by atoms with E-state index in [2.05, 4.69) is 10.3 Å². The molecule has 0 radical (unpaired) electrons. The number of aromatic nitrogens is 1. The van der Waals surface area contributed by atoms with Gasteiger partial charge in [-0.15, -0.1) is 11.8 Å². The number of H-pyrrole nitrogens is 1. The van der Waals surface area contributed by atoms with Crippen molar-refractivity contribution in [2.75, 3.05) is 13.3 Å². The number of aryl methyl sites for hydroxylation is 1. The summed E-state index contributed by atoms with van der Waals surface area (Å²) in [5, 5.41) is 3.37. The minimum absolute atomic E-state index is 0.0618. The molecule has 2 aromatic rings. The summed E-state index contributed by atoms with van der Waals surface area (Å²) in [7, 11) is 2.03. The molecule has 6 heteroatoms. The van der Waals surface area contributed by atoms with Crippen LogP contribution in [0.15, 0.2) is 27.9 Å². The van der Waals surface area contributed by atoms with Gasteiger partial charge in [0.25, 0.3) is 5.56 Å². The maximum atomic E-state index is 12.7. The van der Waals surface area contributed by atoms with E-state index >= 15 is 0 Å². The molecule has 28 heavy (non-hydrogen) atoms. The molecule has 4 rings (SSSR count). The molecular formula is C22H28N2O3S. The molecule has 150 valence electrons. The first-order valence-electron chi connectivity index (χ1n) is 9.94. The number of ether oxygens (including phenoxy) is 2. The molecule has 0 bridgehead atoms. The fraction of sp³-hybridized carbons (Fsp3) is 0.500. The number of pyridine rings is 1. The molecule has 0 spiro atoms. The second-order valence-electron chi connectivity index (χ2n) is 7.79. The van der Waals surface area contributed by atoms with E-state index in [1.54, 1.807) is 11.8 Å². The van der Waals surface area contributed by atoms with Gasteiger partial charge in [-0.2, -0.15) is 0 Å². The molecule has 0 amide bonds. The van der Waals surface area contributed by atoms with Crippen LogP contribution in [0, 0.1) is 19.8 Å². The van der Waals surface area contributed by atoms with Gasteiger partial charge >= 0.3 is 0 Å². The zero-order chi connectivity index (χ0) is 19.8. The molecular weight excluding hydrogens is 372 g/mol. The number of thioether (sulfide) groups is 1. The molecule has 2 N–H and O–H groups in total. The molecule has 1 aromatic carbocycles. The SMILES string of the molecule is CNC1CCC(C2Oc3ccc(-c4c(SC)cc(C)[nH]c4=O)c(C)c3O2)CC1. The number of benzene rings is 1. The molecule has 1 aliphatic heterocycles. The minimum Gasteiger partial charge on any atom is -0.451 e. The molecule has 1 aromatic heterocycles. The van der Waals surface area contributed by atoms with E-state index in [9.17, 15) is 4.79 Å². The summed E-state index contributed by atoms with van der Waals surface area (Å²) < 4.78 is 12.4. The Morgan fingerprint density at radius 1 is 1.14 bits per heavy atom. The van der Waals surface area contributed by atoms with Gasteiger partial charge in [-0.3, -0.25) is 4.79 Å². The van der Waals surface area contributed by atoms with Crippen LogP contribution in [0.3, 0.4) is 0 Å². The molecule has 2 heterocycles. The van der Waals surface area contributed by atoms with Crippen LogP contribution >= 0.6 is 11.8 Å². The fourth-order valence-electron chi connectivity index (χ4n) is 4.39. The summed E-state index contributed by atoms with van der Waals surface area (Å²) in [5.74, 6) is 1.98. The van der Waals surface area contributed by atoms with Gasteiger partial charge in [0.05, 0.1) is 5.56 Å². The molecule has 1 aliphatic carbocycles. The van der Waals surface area contributed by atoms with E-state index in [-0.39, 0.29) is 11.8 Å². The van der Waals surface area contributed by atoms with Crippen molar-refractivity contribution in [3.05, 3.63) is 39.8 Å². The lowest BCUT2D eigenvalue weighted by Gasteiger charge is -2.30. The Labute approximate surface area is 170 Å². The third-order valence-electron chi connectivity index (χ3n) is 6.03. The highest BCUT2D eigenvalue weighted by molar-refractivity contribution is 7.98. The highest BCUT2D eigenvalue weighted by Crippen LogP contribution is 2.45. The zero-order valence-corrected chi connectivity index (χ0v) is 17.7. The summed E-state index contributed by atoms with van der Waals surface area (Å²) >= 11 is 1.59. The molecule has 5 nitrogen and oxygen atoms in total. The summed E-state index contributed by atoms with van der Waals surface area (Å²) in [4.78, 5) is 16.6. The molecule has 0 saturated heterocycles. The average molecular weight is 401 g/mol. The van der Waals surface area contributed by atoms with Crippen LogP contribution in [0.2, 0.25) is 0 Å². The van der Waals surface area contributed by atoms with E-state index in [0.29, 0.717) is 17.5 Å². The van der Waals surface area contributed by atoms with E-state index < -0.39 is 0 Å². The average Bonchev–Trinajstić information content (AvgIpc) is 3.14. The van der Waals surface area contributed by atoms with Crippen molar-refractivity contribution in [3.63, 3.8) is 0 Å². The third kappa shape index (κ3) is 3.44. The molecule has 2 aliphatic rings. The maximum Gasteiger partial charge on any atom is 0.257 e. The van der Waals surface area contributed by atoms with Crippen molar-refractivity contribution in [1.29, 1.82) is 0 Å². The Morgan fingerprint density at radius 3 is 2.57 bits per heavy atom. The first kappa shape index (κ1) is 19.4. The number of hydrogen-bond acceptors (Lipinski definition) is 5. The Balaban J connectivity index is 1.63. The zero-order valence-electron chi connectivity index (χ0n) is 16.9. The quantitative estimate of drug-likeness (QED) is 0.751. The second kappa shape index (κ2) is 7.84. The van der Waals surface area contributed by atoms with E-state index in [4.69, 9.17) is 9.47 Å². The highest BCUT2D eigenvalue weighted by atomic mass is 32.2. The van der Waals surface area contributed by atoms with Crippen LogP contribution < -0.4 is 20.3 Å². The summed E-state index contributed by atoms with van der Waals surface area (Å²) in [6.45, 7) is 3.92. The lowest BCUT2D eigenvalue weighted by Crippen LogP contribution is -2.37. The maximum absolute atomic E-state index is 12.7. The monoisotopic (exact) mass is 400 g/mol. The third-order valence-corrected chi connectivity index (χ3v) is 6.79. The van der Waals surface area contributed by atoms with Gasteiger partial charge in [-0.25, -0.2) is 0 Å². The molecule has 1 fully saturated rings. The molecule has 1 saturated carbocycles. The van der Waals surface area contributed by atoms with Crippen molar-refractivity contribution >= 4 is 11.8 Å². The number of nitrogens with one attached hydrogen (secondary N) is 2. The van der Waals surface area contributed by atoms with Crippen LogP contribution in [0.25, 0.3) is 11.1 Å². The van der Waals surface area contributed by atoms with E-state index in [1.807, 2.05) is 45.4 Å². The Kier molecular flexibility index (Phi) is 5.43. The van der Waals surface area contributed by atoms with Crippen LogP contribution in [-0.4, -0.2) is 30.6 Å². The topological polar surface area (TPSA) is 63.3 Å². The smallest absolute Gasteiger partial charge is 0.257 e. The number of hydrogen-bond donors (Lipinski definition) is 2. The summed E-state index contributed by atoms with van der Waals surface area (Å²) in [6.07, 6.45) is 6.28. The number of rotatable bonds is 4. The van der Waals surface area contributed by atoms with Crippen LogP contribution in [-0.2, 0) is 0 Å². The number of aromatic amines is 1. The van der Waals surface area contributed by atoms with E-state index in [1.165, 1.54) is 0 Å². The highest BCUT2D eigenvalue weighted by Gasteiger charge is 2.36. The Hall–Kier alpha value is -1.92. The van der Waals surface area contributed by atoms with Gasteiger partial charge < -0.3 is 19.8 Å². The van der Waals surface area contributed by atoms with Gasteiger partial charge in [-0.1, -0.05) is 0 Å². The van der Waals surface area contributed by atoms with Crippen molar-refractivity contribution in [3.8, 4) is 22.6 Å². The number of fused-ring (bicyclic) bond motifs is 1. The Morgan fingerprint density at radius 2 is 1.89 bits per heavy atom. The minimum atomic E-state index is -0.224. The second-order valence-corrected chi connectivity index (χ2v) is 8.64. The van der Waals surface area contributed by atoms with Gasteiger partial charge in [-0.05, 0) is 76.6 Å². The predicted molar refractivity (Wildman–Crippen MR) is 114 cm³/mol. The van der Waals surface area contributed by atoms with Gasteiger partial charge in [0.2, 0.25) is 6.29 Å².